The van der Waals surface area contributed by atoms with Crippen LogP contribution in [0.1, 0.15) is 31.2 Å². The van der Waals surface area contributed by atoms with Crippen molar-refractivity contribution in [2.75, 3.05) is 6.61 Å². The normalized spacial score (nSPS) is 18.6. The van der Waals surface area contributed by atoms with E-state index in [2.05, 4.69) is 0 Å². The fourth-order valence-electron chi connectivity index (χ4n) is 1.88. The van der Waals surface area contributed by atoms with Crippen LogP contribution < -0.4 is 4.74 Å². The molecule has 0 aliphatic carbocycles. The summed E-state index contributed by atoms with van der Waals surface area (Å²) in [4.78, 5) is 0. The molecule has 0 aromatic heterocycles. The molecule has 1 aromatic rings. The number of hydrogen-bond donors (Lipinski definition) is 1. The van der Waals surface area contributed by atoms with Gasteiger partial charge in [-0.25, -0.2) is 0 Å². The van der Waals surface area contributed by atoms with E-state index < -0.39 is 0 Å². The van der Waals surface area contributed by atoms with E-state index in [9.17, 15) is 0 Å². The smallest absolute Gasteiger partial charge is 0.200 e. The van der Waals surface area contributed by atoms with Gasteiger partial charge in [0.15, 0.2) is 6.29 Å². The number of aliphatic hydroxyl groups is 1. The first kappa shape index (κ1) is 12.7. The van der Waals surface area contributed by atoms with E-state index >= 15 is 0 Å². The topological polar surface area (TPSA) is 38.7 Å². The number of hydrogen-bond acceptors (Lipinski definition) is 3. The molecule has 94 valence electrons. The maximum absolute atomic E-state index is 8.68. The molecule has 17 heavy (non-hydrogen) atoms. The monoisotopic (exact) mass is 256 g/mol. The maximum atomic E-state index is 8.68. The van der Waals surface area contributed by atoms with Crippen molar-refractivity contribution in [1.82, 2.24) is 0 Å². The number of unbranched alkanes of at least 4 members (excludes halogenated alkanes) is 2. The second-order valence-corrected chi connectivity index (χ2v) is 4.62. The van der Waals surface area contributed by atoms with E-state index in [1.165, 1.54) is 0 Å². The molecule has 0 saturated carbocycles. The molecule has 0 spiro atoms. The minimum absolute atomic E-state index is 0.164. The van der Waals surface area contributed by atoms with Gasteiger partial charge in [0.1, 0.15) is 5.75 Å². The Kier molecular flexibility index (Phi) is 4.66. The average Bonchev–Trinajstić information content (AvgIpc) is 2.35. The third-order valence-electron chi connectivity index (χ3n) is 2.80. The molecule has 1 heterocycles. The van der Waals surface area contributed by atoms with Gasteiger partial charge < -0.3 is 14.6 Å². The Morgan fingerprint density at radius 2 is 2.18 bits per heavy atom. The van der Waals surface area contributed by atoms with Crippen molar-refractivity contribution in [3.05, 3.63) is 28.8 Å². The molecule has 1 aromatic carbocycles. The molecule has 1 atom stereocenters. The van der Waals surface area contributed by atoms with Gasteiger partial charge in [0.05, 0.1) is 6.61 Å². The van der Waals surface area contributed by atoms with Crippen LogP contribution in [-0.4, -0.2) is 18.0 Å². The summed E-state index contributed by atoms with van der Waals surface area (Å²) in [5.41, 5.74) is 1.00. The number of aliphatic hydroxyl groups excluding tert-OH is 1. The second kappa shape index (κ2) is 6.24. The zero-order chi connectivity index (χ0) is 12.1. The molecule has 0 radical (unpaired) electrons. The van der Waals surface area contributed by atoms with E-state index in [1.54, 1.807) is 0 Å². The van der Waals surface area contributed by atoms with Gasteiger partial charge in [-0.3, -0.25) is 0 Å². The molecule has 0 fully saturated rings. The van der Waals surface area contributed by atoms with Crippen molar-refractivity contribution in [2.24, 2.45) is 0 Å². The van der Waals surface area contributed by atoms with Crippen LogP contribution in [0, 0.1) is 0 Å². The maximum Gasteiger partial charge on any atom is 0.200 e. The van der Waals surface area contributed by atoms with E-state index in [1.807, 2.05) is 18.2 Å². The zero-order valence-corrected chi connectivity index (χ0v) is 10.4. The number of ether oxygens (including phenoxy) is 2. The van der Waals surface area contributed by atoms with Gasteiger partial charge in [0, 0.05) is 23.6 Å². The zero-order valence-electron chi connectivity index (χ0n) is 9.69. The summed E-state index contributed by atoms with van der Waals surface area (Å²) in [6.07, 6.45) is 3.56. The molecule has 1 unspecified atom stereocenters. The van der Waals surface area contributed by atoms with Gasteiger partial charge in [-0.15, -0.1) is 0 Å². The summed E-state index contributed by atoms with van der Waals surface area (Å²) in [7, 11) is 0. The quantitative estimate of drug-likeness (QED) is 0.823. The molecule has 1 aliphatic heterocycles. The van der Waals surface area contributed by atoms with Crippen LogP contribution in [0.5, 0.6) is 5.75 Å². The lowest BCUT2D eigenvalue weighted by atomic mass is 10.1. The highest BCUT2D eigenvalue weighted by Crippen LogP contribution is 2.29. The standard InChI is InChI=1S/C13H17ClO3/c14-11-5-6-12-10(8-11)9-16-13(17-12)4-2-1-3-7-15/h5-6,8,13,15H,1-4,7,9H2. The average molecular weight is 257 g/mol. The van der Waals surface area contributed by atoms with Crippen molar-refractivity contribution >= 4 is 11.6 Å². The first-order valence-electron chi connectivity index (χ1n) is 5.97. The fourth-order valence-corrected chi connectivity index (χ4v) is 2.07. The van der Waals surface area contributed by atoms with Gasteiger partial charge in [-0.2, -0.15) is 0 Å². The Morgan fingerprint density at radius 3 is 3.00 bits per heavy atom. The lowest BCUT2D eigenvalue weighted by Gasteiger charge is -2.26. The van der Waals surface area contributed by atoms with Crippen molar-refractivity contribution in [1.29, 1.82) is 0 Å². The van der Waals surface area contributed by atoms with E-state index in [0.29, 0.717) is 11.6 Å². The van der Waals surface area contributed by atoms with Crippen LogP contribution in [-0.2, 0) is 11.3 Å². The first-order chi connectivity index (χ1) is 8.29. The Morgan fingerprint density at radius 1 is 1.29 bits per heavy atom. The molecule has 0 bridgehead atoms. The van der Waals surface area contributed by atoms with Gasteiger partial charge in [0.2, 0.25) is 0 Å². The van der Waals surface area contributed by atoms with E-state index in [0.717, 1.165) is 37.0 Å². The largest absolute Gasteiger partial charge is 0.465 e. The van der Waals surface area contributed by atoms with Crippen molar-refractivity contribution in [3.8, 4) is 5.75 Å². The van der Waals surface area contributed by atoms with Crippen LogP contribution in [0.15, 0.2) is 18.2 Å². The van der Waals surface area contributed by atoms with Crippen LogP contribution >= 0.6 is 11.6 Å². The van der Waals surface area contributed by atoms with Crippen LogP contribution in [0.25, 0.3) is 0 Å². The SMILES string of the molecule is OCCCCCC1OCc2cc(Cl)ccc2O1. The highest BCUT2D eigenvalue weighted by atomic mass is 35.5. The Bertz CT molecular complexity index is 368. The minimum Gasteiger partial charge on any atom is -0.465 e. The summed E-state index contributed by atoms with van der Waals surface area (Å²) >= 11 is 5.90. The number of benzene rings is 1. The molecule has 0 saturated heterocycles. The Hall–Kier alpha value is -0.770. The Balaban J connectivity index is 1.84. The molecular formula is C13H17ClO3. The summed E-state index contributed by atoms with van der Waals surface area (Å²) in [5, 5.41) is 9.39. The molecule has 0 amide bonds. The minimum atomic E-state index is -0.164. The van der Waals surface area contributed by atoms with Crippen molar-refractivity contribution in [2.45, 2.75) is 38.6 Å². The predicted octanol–water partition coefficient (Wildman–Crippen LogP) is 3.13. The highest BCUT2D eigenvalue weighted by molar-refractivity contribution is 6.30. The van der Waals surface area contributed by atoms with Gasteiger partial charge >= 0.3 is 0 Å². The lowest BCUT2D eigenvalue weighted by Crippen LogP contribution is -2.25. The first-order valence-corrected chi connectivity index (χ1v) is 6.35. The van der Waals surface area contributed by atoms with E-state index in [4.69, 9.17) is 26.2 Å². The molecule has 1 aliphatic rings. The number of halogens is 1. The van der Waals surface area contributed by atoms with Gasteiger partial charge in [-0.1, -0.05) is 18.0 Å². The summed E-state index contributed by atoms with van der Waals surface area (Å²) in [6.45, 7) is 0.814. The molecule has 4 heteroatoms. The summed E-state index contributed by atoms with van der Waals surface area (Å²) < 4.78 is 11.3. The van der Waals surface area contributed by atoms with Gasteiger partial charge in [-0.05, 0) is 31.0 Å². The van der Waals surface area contributed by atoms with Crippen LogP contribution in [0.2, 0.25) is 5.02 Å². The lowest BCUT2D eigenvalue weighted by molar-refractivity contribution is -0.112. The second-order valence-electron chi connectivity index (χ2n) is 4.18. The van der Waals surface area contributed by atoms with Crippen LogP contribution in [0.4, 0.5) is 0 Å². The van der Waals surface area contributed by atoms with Crippen LogP contribution in [0.3, 0.4) is 0 Å². The molecule has 3 nitrogen and oxygen atoms in total. The van der Waals surface area contributed by atoms with E-state index in [-0.39, 0.29) is 12.9 Å². The highest BCUT2D eigenvalue weighted by Gasteiger charge is 2.19. The van der Waals surface area contributed by atoms with Crippen molar-refractivity contribution in [3.63, 3.8) is 0 Å². The predicted molar refractivity (Wildman–Crippen MR) is 66.2 cm³/mol. The van der Waals surface area contributed by atoms with Crippen molar-refractivity contribution < 1.29 is 14.6 Å². The molecule has 1 N–H and O–H groups in total. The summed E-state index contributed by atoms with van der Waals surface area (Å²) in [6, 6.07) is 5.59. The third-order valence-corrected chi connectivity index (χ3v) is 3.04. The Labute approximate surface area is 106 Å². The molecule has 2 rings (SSSR count). The number of fused-ring (bicyclic) bond motifs is 1. The fraction of sp³-hybridized carbons (Fsp3) is 0.538. The molecular weight excluding hydrogens is 240 g/mol. The summed E-state index contributed by atoms with van der Waals surface area (Å²) in [5.74, 6) is 0.868. The number of rotatable bonds is 5. The van der Waals surface area contributed by atoms with Gasteiger partial charge in [0.25, 0.3) is 0 Å². The third kappa shape index (κ3) is 3.60.